The Labute approximate surface area is 146 Å². The number of hydrogen-bond acceptors (Lipinski definition) is 5. The fourth-order valence-electron chi connectivity index (χ4n) is 3.81. The van der Waals surface area contributed by atoms with Gasteiger partial charge in [0, 0.05) is 37.8 Å². The Hall–Kier alpha value is -2.44. The van der Waals surface area contributed by atoms with E-state index in [9.17, 15) is 14.4 Å². The molecule has 3 heterocycles. The summed E-state index contributed by atoms with van der Waals surface area (Å²) in [6.07, 6.45) is 4.68. The molecular formula is C18H23N3O4. The van der Waals surface area contributed by atoms with E-state index in [2.05, 4.69) is 9.88 Å². The molecule has 2 fully saturated rings. The number of anilines is 1. The summed E-state index contributed by atoms with van der Waals surface area (Å²) in [6, 6.07) is 3.67. The third kappa shape index (κ3) is 3.81. The number of likely N-dealkylation sites (tertiary alicyclic amines) is 1. The van der Waals surface area contributed by atoms with Gasteiger partial charge in [-0.25, -0.2) is 4.98 Å². The monoisotopic (exact) mass is 345 g/mol. The fraction of sp³-hybridized carbons (Fsp3) is 0.556. The van der Waals surface area contributed by atoms with Crippen molar-refractivity contribution in [2.45, 2.75) is 32.6 Å². The van der Waals surface area contributed by atoms with Gasteiger partial charge < -0.3 is 14.9 Å². The third-order valence-electron chi connectivity index (χ3n) is 5.38. The Morgan fingerprint density at radius 1 is 1.24 bits per heavy atom. The number of amides is 1. The Kier molecular flexibility index (Phi) is 4.74. The van der Waals surface area contributed by atoms with Gasteiger partial charge in [0.2, 0.25) is 5.91 Å². The Bertz CT molecular complexity index is 678. The third-order valence-corrected chi connectivity index (χ3v) is 5.38. The van der Waals surface area contributed by atoms with Gasteiger partial charge in [-0.3, -0.25) is 14.4 Å². The molecule has 1 N–H and O–H groups in total. The number of aromatic nitrogens is 1. The Balaban J connectivity index is 1.63. The van der Waals surface area contributed by atoms with E-state index in [0.717, 1.165) is 38.2 Å². The molecule has 134 valence electrons. The molecule has 2 aliphatic heterocycles. The number of carbonyl (C=O) groups is 3. The van der Waals surface area contributed by atoms with E-state index in [1.54, 1.807) is 12.3 Å². The van der Waals surface area contributed by atoms with Crippen molar-refractivity contribution in [1.82, 2.24) is 9.88 Å². The quantitative estimate of drug-likeness (QED) is 0.833. The number of carboxylic acid groups (broad SMARTS) is 1. The molecule has 2 aliphatic rings. The molecule has 0 unspecified atom stereocenters. The van der Waals surface area contributed by atoms with Crippen molar-refractivity contribution in [2.24, 2.45) is 5.41 Å². The largest absolute Gasteiger partial charge is 0.480 e. The SMILES string of the molecule is CC(=O)c1ccc(N2CCC3(CCC(=O)N(CC(=O)O)C3)CC2)nc1. The van der Waals surface area contributed by atoms with Crippen molar-refractivity contribution in [1.29, 1.82) is 0 Å². The summed E-state index contributed by atoms with van der Waals surface area (Å²) in [5.41, 5.74) is 0.617. The number of nitrogens with zero attached hydrogens (tertiary/aromatic N) is 3. The zero-order valence-corrected chi connectivity index (χ0v) is 14.4. The lowest BCUT2D eigenvalue weighted by Crippen LogP contribution is -2.52. The highest BCUT2D eigenvalue weighted by molar-refractivity contribution is 5.93. The molecule has 3 rings (SSSR count). The van der Waals surface area contributed by atoms with E-state index < -0.39 is 5.97 Å². The summed E-state index contributed by atoms with van der Waals surface area (Å²) in [5, 5.41) is 8.99. The van der Waals surface area contributed by atoms with Gasteiger partial charge in [-0.05, 0) is 43.7 Å². The summed E-state index contributed by atoms with van der Waals surface area (Å²) < 4.78 is 0. The van der Waals surface area contributed by atoms with E-state index in [1.165, 1.54) is 11.8 Å². The summed E-state index contributed by atoms with van der Waals surface area (Å²) in [7, 11) is 0. The molecule has 7 heteroatoms. The maximum Gasteiger partial charge on any atom is 0.323 e. The molecule has 25 heavy (non-hydrogen) atoms. The summed E-state index contributed by atoms with van der Waals surface area (Å²) in [4.78, 5) is 42.3. The lowest BCUT2D eigenvalue weighted by molar-refractivity contribution is -0.148. The number of ketones is 1. The number of pyridine rings is 1. The average Bonchev–Trinajstić information content (AvgIpc) is 2.59. The number of Topliss-reactive ketones (excluding diaryl/α,β-unsaturated/α-hetero) is 1. The van der Waals surface area contributed by atoms with Gasteiger partial charge >= 0.3 is 5.97 Å². The standard InChI is InChI=1S/C18H23N3O4/c1-13(22)14-2-3-15(19-10-14)20-8-6-18(7-9-20)5-4-16(23)21(12-18)11-17(24)25/h2-3,10H,4-9,11-12H2,1H3,(H,24,25). The number of carboxylic acids is 1. The minimum Gasteiger partial charge on any atom is -0.480 e. The summed E-state index contributed by atoms with van der Waals surface area (Å²) in [5.74, 6) is -0.161. The molecule has 0 bridgehead atoms. The van der Waals surface area contributed by atoms with Gasteiger partial charge in [-0.1, -0.05) is 0 Å². The second kappa shape index (κ2) is 6.82. The molecule has 0 atom stereocenters. The Morgan fingerprint density at radius 3 is 2.52 bits per heavy atom. The van der Waals surface area contributed by atoms with Crippen LogP contribution in [-0.4, -0.2) is 58.8 Å². The summed E-state index contributed by atoms with van der Waals surface area (Å²) >= 11 is 0. The Morgan fingerprint density at radius 2 is 1.96 bits per heavy atom. The van der Waals surface area contributed by atoms with Crippen molar-refractivity contribution >= 4 is 23.5 Å². The predicted octanol–water partition coefficient (Wildman–Crippen LogP) is 1.58. The number of rotatable bonds is 4. The van der Waals surface area contributed by atoms with Crippen molar-refractivity contribution in [3.8, 4) is 0 Å². The minimum absolute atomic E-state index is 0.00189. The maximum absolute atomic E-state index is 11.9. The molecule has 0 aromatic carbocycles. The van der Waals surface area contributed by atoms with Crippen LogP contribution in [0.5, 0.6) is 0 Å². The van der Waals surface area contributed by atoms with Gasteiger partial charge in [-0.2, -0.15) is 0 Å². The van der Waals surface area contributed by atoms with Gasteiger partial charge in [0.25, 0.3) is 0 Å². The first-order chi connectivity index (χ1) is 11.9. The van der Waals surface area contributed by atoms with Gasteiger partial charge in [0.1, 0.15) is 12.4 Å². The van der Waals surface area contributed by atoms with Gasteiger partial charge in [0.05, 0.1) is 0 Å². The summed E-state index contributed by atoms with van der Waals surface area (Å²) in [6.45, 7) is 3.48. The second-order valence-corrected chi connectivity index (χ2v) is 7.09. The highest BCUT2D eigenvalue weighted by atomic mass is 16.4. The number of hydrogen-bond donors (Lipinski definition) is 1. The zero-order valence-electron chi connectivity index (χ0n) is 14.4. The minimum atomic E-state index is -0.961. The van der Waals surface area contributed by atoms with E-state index in [4.69, 9.17) is 5.11 Å². The normalized spacial score (nSPS) is 20.0. The molecule has 0 aliphatic carbocycles. The van der Waals surface area contributed by atoms with Gasteiger partial charge in [0.15, 0.2) is 5.78 Å². The molecule has 1 spiro atoms. The topological polar surface area (TPSA) is 90.8 Å². The number of piperidine rings is 2. The smallest absolute Gasteiger partial charge is 0.323 e. The van der Waals surface area contributed by atoms with Crippen molar-refractivity contribution in [2.75, 3.05) is 31.1 Å². The maximum atomic E-state index is 11.9. The van der Waals surface area contributed by atoms with Crippen LogP contribution >= 0.6 is 0 Å². The lowest BCUT2D eigenvalue weighted by Gasteiger charge is -2.47. The van der Waals surface area contributed by atoms with Crippen LogP contribution in [0.1, 0.15) is 43.0 Å². The first kappa shape index (κ1) is 17.4. The fourth-order valence-corrected chi connectivity index (χ4v) is 3.81. The van der Waals surface area contributed by atoms with Crippen LogP contribution < -0.4 is 4.90 Å². The molecule has 0 radical (unpaired) electrons. The van der Waals surface area contributed by atoms with Crippen LogP contribution in [0.4, 0.5) is 5.82 Å². The molecule has 1 aromatic heterocycles. The second-order valence-electron chi connectivity index (χ2n) is 7.09. The van der Waals surface area contributed by atoms with E-state index in [-0.39, 0.29) is 23.7 Å². The van der Waals surface area contributed by atoms with Crippen molar-refractivity contribution < 1.29 is 19.5 Å². The van der Waals surface area contributed by atoms with E-state index in [0.29, 0.717) is 18.5 Å². The van der Waals surface area contributed by atoms with Crippen LogP contribution in [0.3, 0.4) is 0 Å². The van der Waals surface area contributed by atoms with E-state index in [1.807, 2.05) is 6.07 Å². The molecular weight excluding hydrogens is 322 g/mol. The average molecular weight is 345 g/mol. The van der Waals surface area contributed by atoms with Crippen molar-refractivity contribution in [3.63, 3.8) is 0 Å². The van der Waals surface area contributed by atoms with Crippen LogP contribution in [0.2, 0.25) is 0 Å². The lowest BCUT2D eigenvalue weighted by atomic mass is 9.72. The van der Waals surface area contributed by atoms with Crippen LogP contribution in [-0.2, 0) is 9.59 Å². The molecule has 2 saturated heterocycles. The number of carbonyl (C=O) groups excluding carboxylic acids is 2. The van der Waals surface area contributed by atoms with Crippen LogP contribution in [0.25, 0.3) is 0 Å². The molecule has 1 amide bonds. The first-order valence-corrected chi connectivity index (χ1v) is 8.60. The van der Waals surface area contributed by atoms with E-state index >= 15 is 0 Å². The highest BCUT2D eigenvalue weighted by Crippen LogP contribution is 2.40. The molecule has 0 saturated carbocycles. The number of aliphatic carboxylic acids is 1. The zero-order chi connectivity index (χ0) is 18.0. The highest BCUT2D eigenvalue weighted by Gasteiger charge is 2.41. The van der Waals surface area contributed by atoms with Crippen LogP contribution in [0.15, 0.2) is 18.3 Å². The first-order valence-electron chi connectivity index (χ1n) is 8.60. The molecule has 7 nitrogen and oxygen atoms in total. The predicted molar refractivity (Wildman–Crippen MR) is 91.6 cm³/mol. The van der Waals surface area contributed by atoms with Crippen molar-refractivity contribution in [3.05, 3.63) is 23.9 Å². The van der Waals surface area contributed by atoms with Crippen LogP contribution in [0, 0.1) is 5.41 Å². The molecule has 1 aromatic rings. The van der Waals surface area contributed by atoms with Gasteiger partial charge in [-0.15, -0.1) is 0 Å².